The lowest BCUT2D eigenvalue weighted by atomic mass is 9.79. The van der Waals surface area contributed by atoms with Gasteiger partial charge in [-0.1, -0.05) is 24.2 Å². The average Bonchev–Trinajstić information content (AvgIpc) is 2.11. The van der Waals surface area contributed by atoms with Crippen LogP contribution in [0.15, 0.2) is 24.2 Å². The minimum Gasteiger partial charge on any atom is -0.423 e. The number of hydrogen-bond acceptors (Lipinski definition) is 2. The molecule has 0 unspecified atom stereocenters. The molecule has 0 aromatic heterocycles. The van der Waals surface area contributed by atoms with Gasteiger partial charge in [-0.2, -0.15) is 13.2 Å². The van der Waals surface area contributed by atoms with Gasteiger partial charge in [-0.25, -0.2) is 0 Å². The molecule has 0 aliphatic rings. The fraction of sp³-hybridized carbons (Fsp3) is 0.143. The molecule has 0 atom stereocenters. The van der Waals surface area contributed by atoms with Gasteiger partial charge in [0.2, 0.25) is 0 Å². The molecule has 0 radical (unpaired) electrons. The molecule has 13 heavy (non-hydrogen) atoms. The lowest BCUT2D eigenvalue weighted by molar-refractivity contribution is -0.137. The van der Waals surface area contributed by atoms with Crippen LogP contribution in [0.5, 0.6) is 0 Å². The van der Waals surface area contributed by atoms with Crippen molar-refractivity contribution in [2.24, 2.45) is 0 Å². The van der Waals surface area contributed by atoms with Crippen LogP contribution in [0.3, 0.4) is 0 Å². The van der Waals surface area contributed by atoms with Gasteiger partial charge in [-0.05, 0) is 5.46 Å². The first-order chi connectivity index (χ1) is 7.59. The number of rotatable bonds is 1. The van der Waals surface area contributed by atoms with Crippen LogP contribution in [-0.4, -0.2) is 17.2 Å². The van der Waals surface area contributed by atoms with E-state index in [1.165, 1.54) is 0 Å². The lowest BCUT2D eigenvalue weighted by Crippen LogP contribution is -2.30. The Hall–Kier alpha value is -1.01. The van der Waals surface area contributed by atoms with E-state index >= 15 is 0 Å². The van der Waals surface area contributed by atoms with Gasteiger partial charge in [0.25, 0.3) is 0 Å². The van der Waals surface area contributed by atoms with Gasteiger partial charge < -0.3 is 10.0 Å². The molecule has 0 amide bonds. The van der Waals surface area contributed by atoms with Crippen LogP contribution >= 0.6 is 0 Å². The minimum absolute atomic E-state index is 0.969. The molecule has 0 heterocycles. The monoisotopic (exact) mass is 194 g/mol. The van der Waals surface area contributed by atoms with E-state index in [2.05, 4.69) is 0 Å². The molecular weight excluding hydrogens is 184 g/mol. The Kier molecular flexibility index (Phi) is 1.48. The zero-order valence-corrected chi connectivity index (χ0v) is 6.11. The standard InChI is InChI=1S/C7H6BF3O2/c9-7(10,11)5-2-1-3-6(4-5)8(12)13/h1-4,12-13H/i1D,2D,3D,4D. The summed E-state index contributed by atoms with van der Waals surface area (Å²) in [6.07, 6.45) is -5.07. The van der Waals surface area contributed by atoms with Gasteiger partial charge in [0, 0.05) is 0 Å². The summed E-state index contributed by atoms with van der Waals surface area (Å²) < 4.78 is 66.1. The van der Waals surface area contributed by atoms with Gasteiger partial charge in [0.15, 0.2) is 0 Å². The fourth-order valence-corrected chi connectivity index (χ4v) is 0.629. The summed E-state index contributed by atoms with van der Waals surface area (Å²) in [7, 11) is -2.47. The van der Waals surface area contributed by atoms with Gasteiger partial charge in [0.05, 0.1) is 11.0 Å². The molecule has 0 fully saturated rings. The third-order valence-corrected chi connectivity index (χ3v) is 1.19. The summed E-state index contributed by atoms with van der Waals surface area (Å²) in [4.78, 5) is 0. The maximum absolute atomic E-state index is 12.5. The van der Waals surface area contributed by atoms with E-state index in [1.54, 1.807) is 0 Å². The largest absolute Gasteiger partial charge is 0.488 e. The first-order valence-corrected chi connectivity index (χ1v) is 3.12. The van der Waals surface area contributed by atoms with Crippen LogP contribution in [0, 0.1) is 0 Å². The average molecular weight is 194 g/mol. The Bertz CT molecular complexity index is 464. The highest BCUT2D eigenvalue weighted by molar-refractivity contribution is 6.58. The Morgan fingerprint density at radius 3 is 2.38 bits per heavy atom. The number of benzene rings is 1. The van der Waals surface area contributed by atoms with Crippen molar-refractivity contribution in [1.29, 1.82) is 0 Å². The second-order valence-corrected chi connectivity index (χ2v) is 2.16. The molecule has 0 saturated heterocycles. The van der Waals surface area contributed by atoms with Crippen LogP contribution < -0.4 is 5.46 Å². The Balaban J connectivity index is 3.75. The predicted molar refractivity (Wildman–Crippen MR) is 41.3 cm³/mol. The maximum Gasteiger partial charge on any atom is 0.488 e. The smallest absolute Gasteiger partial charge is 0.423 e. The van der Waals surface area contributed by atoms with E-state index in [-0.39, 0.29) is 0 Å². The van der Waals surface area contributed by atoms with Crippen molar-refractivity contribution >= 4 is 12.6 Å². The Labute approximate surface area is 78.4 Å². The maximum atomic E-state index is 12.5. The van der Waals surface area contributed by atoms with Crippen LogP contribution in [0.2, 0.25) is 0 Å². The van der Waals surface area contributed by atoms with Gasteiger partial charge in [0.1, 0.15) is 0 Å². The van der Waals surface area contributed by atoms with E-state index in [4.69, 9.17) is 15.5 Å². The van der Waals surface area contributed by atoms with Crippen LogP contribution in [0.25, 0.3) is 0 Å². The molecule has 70 valence electrons. The van der Waals surface area contributed by atoms with Crippen molar-refractivity contribution in [2.75, 3.05) is 0 Å². The molecule has 1 aromatic carbocycles. The highest BCUT2D eigenvalue weighted by Gasteiger charge is 2.31. The molecule has 0 bridgehead atoms. The summed E-state index contributed by atoms with van der Waals surface area (Å²) >= 11 is 0. The van der Waals surface area contributed by atoms with E-state index in [9.17, 15) is 13.2 Å². The van der Waals surface area contributed by atoms with Crippen molar-refractivity contribution in [2.45, 2.75) is 6.18 Å². The SMILES string of the molecule is [2H]c1c([2H])c(B(O)O)c([2H])c(C(F)(F)F)c1[2H]. The third-order valence-electron chi connectivity index (χ3n) is 1.19. The molecule has 2 nitrogen and oxygen atoms in total. The zero-order chi connectivity index (χ0) is 13.5. The van der Waals surface area contributed by atoms with Crippen molar-refractivity contribution in [3.05, 3.63) is 29.7 Å². The summed E-state index contributed by atoms with van der Waals surface area (Å²) in [6.45, 7) is 0. The molecule has 0 aliphatic heterocycles. The summed E-state index contributed by atoms with van der Waals surface area (Å²) in [6, 6.07) is -4.75. The molecule has 6 heteroatoms. The minimum atomic E-state index is -5.07. The molecule has 0 saturated carbocycles. The van der Waals surface area contributed by atoms with Crippen molar-refractivity contribution in [3.63, 3.8) is 0 Å². The highest BCUT2D eigenvalue weighted by Crippen LogP contribution is 2.27. The second-order valence-electron chi connectivity index (χ2n) is 2.16. The lowest BCUT2D eigenvalue weighted by Gasteiger charge is -2.07. The molecular formula is C7H6BF3O2. The number of hydrogen-bond donors (Lipinski definition) is 2. The zero-order valence-electron chi connectivity index (χ0n) is 10.1. The van der Waals surface area contributed by atoms with Crippen LogP contribution in [0.1, 0.15) is 11.0 Å². The normalized spacial score (nSPS) is 15.8. The van der Waals surface area contributed by atoms with Crippen LogP contribution in [-0.2, 0) is 6.18 Å². The van der Waals surface area contributed by atoms with E-state index in [0.29, 0.717) is 0 Å². The fourth-order valence-electron chi connectivity index (χ4n) is 0.629. The highest BCUT2D eigenvalue weighted by atomic mass is 19.4. The van der Waals surface area contributed by atoms with E-state index in [0.717, 1.165) is 0 Å². The Morgan fingerprint density at radius 2 is 1.92 bits per heavy atom. The summed E-state index contributed by atoms with van der Waals surface area (Å²) in [5.41, 5.74) is -2.78. The van der Waals surface area contributed by atoms with Crippen molar-refractivity contribution in [3.8, 4) is 0 Å². The van der Waals surface area contributed by atoms with Gasteiger partial charge in [-0.3, -0.25) is 0 Å². The second kappa shape index (κ2) is 3.39. The first-order valence-electron chi connectivity index (χ1n) is 5.12. The van der Waals surface area contributed by atoms with Gasteiger partial charge in [-0.15, -0.1) is 0 Å². The molecule has 1 rings (SSSR count). The van der Waals surface area contributed by atoms with Crippen LogP contribution in [0.4, 0.5) is 13.2 Å². The topological polar surface area (TPSA) is 40.5 Å². The predicted octanol–water partition coefficient (Wildman–Crippen LogP) is 0.385. The molecule has 0 aliphatic carbocycles. The molecule has 1 aromatic rings. The van der Waals surface area contributed by atoms with E-state index in [1.807, 2.05) is 0 Å². The number of alkyl halides is 3. The summed E-state index contributed by atoms with van der Waals surface area (Å²) in [5.74, 6) is 0. The van der Waals surface area contributed by atoms with E-state index < -0.39 is 48.5 Å². The molecule has 0 spiro atoms. The van der Waals surface area contributed by atoms with Crippen molar-refractivity contribution in [1.82, 2.24) is 0 Å². The summed E-state index contributed by atoms with van der Waals surface area (Å²) in [5, 5.41) is 17.6. The quantitative estimate of drug-likeness (QED) is 0.634. The number of halogens is 3. The molecule has 2 N–H and O–H groups in total. The Morgan fingerprint density at radius 1 is 1.31 bits per heavy atom. The van der Waals surface area contributed by atoms with Crippen molar-refractivity contribution < 1.29 is 28.7 Å². The third kappa shape index (κ3) is 2.47. The van der Waals surface area contributed by atoms with Gasteiger partial charge >= 0.3 is 13.3 Å². The first kappa shape index (κ1) is 5.67.